The van der Waals surface area contributed by atoms with Gasteiger partial charge >= 0.3 is 0 Å². The molecule has 0 aliphatic rings. The number of unbranched alkanes of at least 4 members (excludes halogenated alkanes) is 1. The highest BCUT2D eigenvalue weighted by Crippen LogP contribution is 2.18. The Hall–Kier alpha value is -2.69. The van der Waals surface area contributed by atoms with Gasteiger partial charge in [0.05, 0.1) is 11.0 Å². The zero-order valence-corrected chi connectivity index (χ0v) is 12.5. The van der Waals surface area contributed by atoms with E-state index in [2.05, 4.69) is 27.2 Å². The van der Waals surface area contributed by atoms with Gasteiger partial charge in [-0.15, -0.1) is 0 Å². The Morgan fingerprint density at radius 1 is 1.14 bits per heavy atom. The predicted molar refractivity (Wildman–Crippen MR) is 86.6 cm³/mol. The quantitative estimate of drug-likeness (QED) is 0.710. The van der Waals surface area contributed by atoms with Crippen LogP contribution in [0, 0.1) is 0 Å². The molecule has 0 spiro atoms. The van der Waals surface area contributed by atoms with Gasteiger partial charge in [-0.05, 0) is 30.7 Å². The standard InChI is InChI=1S/C17H18N4O/c1-2-3-11-18-17(22)15-10-6-9-14(19-15)16-20-12-7-4-5-8-13(12)21-16/h4-10H,2-3,11H2,1H3,(H,18,22)(H,20,21). The predicted octanol–water partition coefficient (Wildman–Crippen LogP) is 3.15. The van der Waals surface area contributed by atoms with E-state index in [0.29, 0.717) is 23.8 Å². The molecule has 0 saturated carbocycles. The molecule has 1 aromatic carbocycles. The van der Waals surface area contributed by atoms with Crippen LogP contribution >= 0.6 is 0 Å². The fourth-order valence-corrected chi connectivity index (χ4v) is 2.24. The van der Waals surface area contributed by atoms with Crippen molar-refractivity contribution in [2.24, 2.45) is 0 Å². The van der Waals surface area contributed by atoms with E-state index in [1.54, 1.807) is 6.07 Å². The normalized spacial score (nSPS) is 10.8. The molecule has 5 heteroatoms. The van der Waals surface area contributed by atoms with Gasteiger partial charge in [0, 0.05) is 6.54 Å². The van der Waals surface area contributed by atoms with Crippen LogP contribution in [0.15, 0.2) is 42.5 Å². The molecule has 1 amide bonds. The zero-order chi connectivity index (χ0) is 15.4. The molecule has 3 rings (SSSR count). The molecule has 112 valence electrons. The first-order chi connectivity index (χ1) is 10.8. The van der Waals surface area contributed by atoms with Crippen LogP contribution in [0.1, 0.15) is 30.3 Å². The minimum Gasteiger partial charge on any atom is -0.351 e. The number of imidazole rings is 1. The number of fused-ring (bicyclic) bond motifs is 1. The Kier molecular flexibility index (Phi) is 4.14. The van der Waals surface area contributed by atoms with Crippen molar-refractivity contribution in [3.63, 3.8) is 0 Å². The van der Waals surface area contributed by atoms with Crippen LogP contribution in [0.4, 0.5) is 0 Å². The van der Waals surface area contributed by atoms with Gasteiger partial charge in [0.15, 0.2) is 5.82 Å². The molecule has 3 aromatic rings. The number of amides is 1. The number of H-pyrrole nitrogens is 1. The number of pyridine rings is 1. The van der Waals surface area contributed by atoms with Gasteiger partial charge in [0.25, 0.3) is 5.91 Å². The lowest BCUT2D eigenvalue weighted by atomic mass is 10.2. The molecule has 0 aliphatic heterocycles. The third kappa shape index (κ3) is 2.98. The monoisotopic (exact) mass is 294 g/mol. The van der Waals surface area contributed by atoms with Gasteiger partial charge in [-0.2, -0.15) is 0 Å². The third-order valence-corrected chi connectivity index (χ3v) is 3.43. The summed E-state index contributed by atoms with van der Waals surface area (Å²) in [4.78, 5) is 24.2. The Balaban J connectivity index is 1.85. The van der Waals surface area contributed by atoms with Gasteiger partial charge in [-0.25, -0.2) is 9.97 Å². The minimum absolute atomic E-state index is 0.147. The number of nitrogens with zero attached hydrogens (tertiary/aromatic N) is 2. The molecular weight excluding hydrogens is 276 g/mol. The summed E-state index contributed by atoms with van der Waals surface area (Å²) in [6.07, 6.45) is 2.02. The summed E-state index contributed by atoms with van der Waals surface area (Å²) in [5, 5.41) is 2.87. The molecule has 0 fully saturated rings. The first-order valence-corrected chi connectivity index (χ1v) is 7.48. The second-order valence-corrected chi connectivity index (χ2v) is 5.12. The smallest absolute Gasteiger partial charge is 0.269 e. The van der Waals surface area contributed by atoms with Crippen molar-refractivity contribution in [1.29, 1.82) is 0 Å². The summed E-state index contributed by atoms with van der Waals surface area (Å²) < 4.78 is 0. The number of carbonyl (C=O) groups excluding carboxylic acids is 1. The van der Waals surface area contributed by atoms with Gasteiger partial charge in [-0.3, -0.25) is 4.79 Å². The van der Waals surface area contributed by atoms with Crippen molar-refractivity contribution in [2.75, 3.05) is 6.54 Å². The fourth-order valence-electron chi connectivity index (χ4n) is 2.24. The number of aromatic amines is 1. The maximum atomic E-state index is 12.1. The average Bonchev–Trinajstić information content (AvgIpc) is 2.99. The molecule has 5 nitrogen and oxygen atoms in total. The zero-order valence-electron chi connectivity index (χ0n) is 12.5. The average molecular weight is 294 g/mol. The maximum absolute atomic E-state index is 12.1. The number of nitrogens with one attached hydrogen (secondary N) is 2. The summed E-state index contributed by atoms with van der Waals surface area (Å²) in [6, 6.07) is 13.2. The third-order valence-electron chi connectivity index (χ3n) is 3.43. The molecule has 22 heavy (non-hydrogen) atoms. The van der Waals surface area contributed by atoms with Crippen molar-refractivity contribution in [3.8, 4) is 11.5 Å². The highest BCUT2D eigenvalue weighted by molar-refractivity contribution is 5.92. The van der Waals surface area contributed by atoms with Crippen LogP contribution in [0.3, 0.4) is 0 Å². The Morgan fingerprint density at radius 3 is 2.82 bits per heavy atom. The van der Waals surface area contributed by atoms with E-state index in [1.165, 1.54) is 0 Å². The maximum Gasteiger partial charge on any atom is 0.269 e. The molecule has 0 unspecified atom stereocenters. The number of rotatable bonds is 5. The van der Waals surface area contributed by atoms with Crippen molar-refractivity contribution >= 4 is 16.9 Å². The van der Waals surface area contributed by atoms with Crippen molar-refractivity contribution in [1.82, 2.24) is 20.3 Å². The van der Waals surface area contributed by atoms with E-state index < -0.39 is 0 Å². The van der Waals surface area contributed by atoms with E-state index in [0.717, 1.165) is 23.9 Å². The van der Waals surface area contributed by atoms with Gasteiger partial charge in [0.1, 0.15) is 11.4 Å². The molecule has 0 atom stereocenters. The highest BCUT2D eigenvalue weighted by atomic mass is 16.1. The summed E-state index contributed by atoms with van der Waals surface area (Å²) >= 11 is 0. The lowest BCUT2D eigenvalue weighted by molar-refractivity contribution is 0.0948. The van der Waals surface area contributed by atoms with Crippen molar-refractivity contribution in [2.45, 2.75) is 19.8 Å². The summed E-state index contributed by atoms with van der Waals surface area (Å²) in [5.41, 5.74) is 2.92. The van der Waals surface area contributed by atoms with Gasteiger partial charge in [-0.1, -0.05) is 31.5 Å². The number of carbonyl (C=O) groups is 1. The molecular formula is C17H18N4O. The molecule has 0 radical (unpaired) electrons. The Morgan fingerprint density at radius 2 is 2.00 bits per heavy atom. The number of hydrogen-bond donors (Lipinski definition) is 2. The first kappa shape index (κ1) is 14.3. The summed E-state index contributed by atoms with van der Waals surface area (Å²) in [5.74, 6) is 0.524. The lowest BCUT2D eigenvalue weighted by Crippen LogP contribution is -2.25. The van der Waals surface area contributed by atoms with Crippen LogP contribution in [0.25, 0.3) is 22.6 Å². The topological polar surface area (TPSA) is 70.7 Å². The first-order valence-electron chi connectivity index (χ1n) is 7.48. The highest BCUT2D eigenvalue weighted by Gasteiger charge is 2.10. The van der Waals surface area contributed by atoms with Crippen molar-refractivity contribution in [3.05, 3.63) is 48.2 Å². The molecule has 0 bridgehead atoms. The second kappa shape index (κ2) is 6.39. The van der Waals surface area contributed by atoms with E-state index in [4.69, 9.17) is 0 Å². The molecule has 0 aliphatic carbocycles. The number of aromatic nitrogens is 3. The second-order valence-electron chi connectivity index (χ2n) is 5.12. The number of para-hydroxylation sites is 2. The Bertz CT molecular complexity index is 761. The SMILES string of the molecule is CCCCNC(=O)c1cccc(-c2nc3ccccc3[nH]2)n1. The van der Waals surface area contributed by atoms with Crippen molar-refractivity contribution < 1.29 is 4.79 Å². The van der Waals surface area contributed by atoms with E-state index >= 15 is 0 Å². The van der Waals surface area contributed by atoms with E-state index in [-0.39, 0.29) is 5.91 Å². The van der Waals surface area contributed by atoms with Crippen LogP contribution in [-0.4, -0.2) is 27.4 Å². The largest absolute Gasteiger partial charge is 0.351 e. The summed E-state index contributed by atoms with van der Waals surface area (Å²) in [7, 11) is 0. The van der Waals surface area contributed by atoms with Crippen LogP contribution in [0.2, 0.25) is 0 Å². The van der Waals surface area contributed by atoms with Crippen LogP contribution < -0.4 is 5.32 Å². The molecule has 0 saturated heterocycles. The van der Waals surface area contributed by atoms with Gasteiger partial charge in [0.2, 0.25) is 0 Å². The molecule has 2 aromatic heterocycles. The Labute approximate surface area is 128 Å². The van der Waals surface area contributed by atoms with Gasteiger partial charge < -0.3 is 10.3 Å². The van der Waals surface area contributed by atoms with Crippen LogP contribution in [-0.2, 0) is 0 Å². The number of hydrogen-bond acceptors (Lipinski definition) is 3. The fraction of sp³-hybridized carbons (Fsp3) is 0.235. The molecule has 2 N–H and O–H groups in total. The van der Waals surface area contributed by atoms with Crippen LogP contribution in [0.5, 0.6) is 0 Å². The molecule has 2 heterocycles. The summed E-state index contributed by atoms with van der Waals surface area (Å²) in [6.45, 7) is 2.76. The van der Waals surface area contributed by atoms with E-state index in [1.807, 2.05) is 36.4 Å². The van der Waals surface area contributed by atoms with E-state index in [9.17, 15) is 4.79 Å². The minimum atomic E-state index is -0.147. The lowest BCUT2D eigenvalue weighted by Gasteiger charge is -2.04. The number of benzene rings is 1.